The second-order valence-corrected chi connectivity index (χ2v) is 5.73. The first-order valence-electron chi connectivity index (χ1n) is 7.07. The number of halogens is 1. The summed E-state index contributed by atoms with van der Waals surface area (Å²) in [4.78, 5) is 10.2. The van der Waals surface area contributed by atoms with E-state index in [0.29, 0.717) is 24.4 Å². The maximum Gasteiger partial charge on any atom is 0.168 e. The topological polar surface area (TPSA) is 30.5 Å². The Morgan fingerprint density at radius 3 is 3.16 bits per heavy atom. The van der Waals surface area contributed by atoms with E-state index in [0.717, 1.165) is 25.1 Å². The van der Waals surface area contributed by atoms with Gasteiger partial charge in [-0.15, -0.1) is 11.6 Å². The predicted molar refractivity (Wildman–Crippen MR) is 75.7 cm³/mol. The highest BCUT2D eigenvalue weighted by atomic mass is 35.5. The first-order chi connectivity index (χ1) is 9.36. The number of hydrogen-bond acceptors (Lipinski definition) is 3. The molecule has 0 amide bonds. The lowest BCUT2D eigenvalue weighted by atomic mass is 9.91. The summed E-state index contributed by atoms with van der Waals surface area (Å²) in [6, 6.07) is 6.96. The molecule has 1 N–H and O–H groups in total. The van der Waals surface area contributed by atoms with Crippen LogP contribution in [0.25, 0.3) is 0 Å². The third-order valence-corrected chi connectivity index (χ3v) is 4.49. The van der Waals surface area contributed by atoms with Gasteiger partial charge in [-0.2, -0.15) is 4.89 Å². The molecular weight excluding hydrogens is 262 g/mol. The Bertz CT molecular complexity index is 432. The average Bonchev–Trinajstić information content (AvgIpc) is 2.98. The number of alkyl halides is 1. The second kappa shape index (κ2) is 6.12. The maximum atomic E-state index is 6.16. The fourth-order valence-electron chi connectivity index (χ4n) is 3.01. The van der Waals surface area contributed by atoms with Gasteiger partial charge in [-0.05, 0) is 43.4 Å². The van der Waals surface area contributed by atoms with Crippen LogP contribution in [0, 0.1) is 5.92 Å². The van der Waals surface area contributed by atoms with Crippen molar-refractivity contribution in [2.45, 2.75) is 31.7 Å². The van der Waals surface area contributed by atoms with Crippen LogP contribution in [0.2, 0.25) is 0 Å². The van der Waals surface area contributed by atoms with Gasteiger partial charge in [0.15, 0.2) is 5.75 Å². The Balaban J connectivity index is 1.71. The summed E-state index contributed by atoms with van der Waals surface area (Å²) in [7, 11) is 0. The molecule has 0 spiro atoms. The zero-order chi connectivity index (χ0) is 13.1. The van der Waals surface area contributed by atoms with Gasteiger partial charge in [0.2, 0.25) is 0 Å². The van der Waals surface area contributed by atoms with Gasteiger partial charge < -0.3 is 10.2 Å². The fourth-order valence-corrected chi connectivity index (χ4v) is 3.34. The molecule has 1 aromatic rings. The first-order valence-corrected chi connectivity index (χ1v) is 7.61. The number of rotatable bonds is 4. The van der Waals surface area contributed by atoms with Crippen molar-refractivity contribution in [1.82, 2.24) is 5.32 Å². The number of benzene rings is 1. The summed E-state index contributed by atoms with van der Waals surface area (Å²) in [5.74, 6) is 2.09. The van der Waals surface area contributed by atoms with Crippen LogP contribution in [-0.2, 0) is 17.7 Å². The SMILES string of the molecule is ClCC(Cc1ccc2c(c1)CCOO2)[C@@H]1CCCN1. The van der Waals surface area contributed by atoms with E-state index in [-0.39, 0.29) is 0 Å². The fraction of sp³-hybridized carbons (Fsp3) is 0.600. The van der Waals surface area contributed by atoms with Gasteiger partial charge in [-0.25, -0.2) is 0 Å². The first kappa shape index (κ1) is 13.2. The van der Waals surface area contributed by atoms with Crippen LogP contribution in [0.4, 0.5) is 0 Å². The molecule has 0 bridgehead atoms. The predicted octanol–water partition coefficient (Wildman–Crippen LogP) is 2.70. The summed E-state index contributed by atoms with van der Waals surface area (Å²) in [5.41, 5.74) is 2.60. The van der Waals surface area contributed by atoms with Crippen LogP contribution < -0.4 is 10.2 Å². The van der Waals surface area contributed by atoms with Crippen molar-refractivity contribution in [3.8, 4) is 5.75 Å². The van der Waals surface area contributed by atoms with Gasteiger partial charge in [0.1, 0.15) is 0 Å². The molecule has 0 aliphatic carbocycles. The average molecular weight is 282 g/mol. The molecule has 1 aromatic carbocycles. The van der Waals surface area contributed by atoms with E-state index in [1.807, 2.05) is 6.07 Å². The van der Waals surface area contributed by atoms with Gasteiger partial charge in [-0.3, -0.25) is 0 Å². The highest BCUT2D eigenvalue weighted by molar-refractivity contribution is 6.18. The molecule has 2 aliphatic rings. The van der Waals surface area contributed by atoms with Crippen molar-refractivity contribution in [2.24, 2.45) is 5.92 Å². The Hall–Kier alpha value is -0.770. The molecule has 3 rings (SSSR count). The molecule has 2 atom stereocenters. The van der Waals surface area contributed by atoms with E-state index in [1.165, 1.54) is 24.0 Å². The largest absolute Gasteiger partial charge is 0.337 e. The normalized spacial score (nSPS) is 23.7. The highest BCUT2D eigenvalue weighted by Crippen LogP contribution is 2.27. The molecule has 0 saturated carbocycles. The molecule has 2 heterocycles. The van der Waals surface area contributed by atoms with E-state index < -0.39 is 0 Å². The van der Waals surface area contributed by atoms with Gasteiger partial charge in [0, 0.05) is 23.9 Å². The number of hydrogen-bond donors (Lipinski definition) is 1. The zero-order valence-corrected chi connectivity index (χ0v) is 11.8. The standard InChI is InChI=1S/C15H20ClNO2/c16-10-13(14-2-1-6-17-14)9-11-3-4-15-12(8-11)5-7-18-19-15/h3-4,8,13-14,17H,1-2,5-7,9-10H2/t13?,14-/m0/s1. The lowest BCUT2D eigenvalue weighted by molar-refractivity contribution is -0.215. The monoisotopic (exact) mass is 281 g/mol. The van der Waals surface area contributed by atoms with Crippen molar-refractivity contribution in [3.05, 3.63) is 29.3 Å². The van der Waals surface area contributed by atoms with Gasteiger partial charge in [0.25, 0.3) is 0 Å². The highest BCUT2D eigenvalue weighted by Gasteiger charge is 2.24. The minimum atomic E-state index is 0.517. The van der Waals surface area contributed by atoms with Crippen LogP contribution in [0.1, 0.15) is 24.0 Å². The van der Waals surface area contributed by atoms with E-state index in [1.54, 1.807) is 0 Å². The van der Waals surface area contributed by atoms with E-state index in [4.69, 9.17) is 21.4 Å². The van der Waals surface area contributed by atoms with E-state index in [2.05, 4.69) is 17.4 Å². The smallest absolute Gasteiger partial charge is 0.168 e. The van der Waals surface area contributed by atoms with Crippen molar-refractivity contribution in [2.75, 3.05) is 19.0 Å². The number of fused-ring (bicyclic) bond motifs is 1. The quantitative estimate of drug-likeness (QED) is 0.680. The van der Waals surface area contributed by atoms with Crippen molar-refractivity contribution in [3.63, 3.8) is 0 Å². The molecule has 0 radical (unpaired) electrons. The lowest BCUT2D eigenvalue weighted by Crippen LogP contribution is -2.33. The van der Waals surface area contributed by atoms with Crippen molar-refractivity contribution in [1.29, 1.82) is 0 Å². The number of nitrogens with one attached hydrogen (secondary N) is 1. The summed E-state index contributed by atoms with van der Waals surface area (Å²) < 4.78 is 0. The molecular formula is C15H20ClNO2. The third kappa shape index (κ3) is 3.04. The summed E-state index contributed by atoms with van der Waals surface area (Å²) in [6.45, 7) is 1.77. The van der Waals surface area contributed by atoms with Crippen molar-refractivity contribution < 1.29 is 9.78 Å². The van der Waals surface area contributed by atoms with Crippen LogP contribution in [0.15, 0.2) is 18.2 Å². The molecule has 1 saturated heterocycles. The molecule has 1 fully saturated rings. The molecule has 104 valence electrons. The van der Waals surface area contributed by atoms with Crippen molar-refractivity contribution >= 4 is 11.6 Å². The van der Waals surface area contributed by atoms with Crippen LogP contribution in [0.3, 0.4) is 0 Å². The van der Waals surface area contributed by atoms with Crippen LogP contribution in [0.5, 0.6) is 5.75 Å². The lowest BCUT2D eigenvalue weighted by Gasteiger charge is -2.22. The van der Waals surface area contributed by atoms with E-state index >= 15 is 0 Å². The van der Waals surface area contributed by atoms with Crippen LogP contribution in [-0.4, -0.2) is 25.1 Å². The molecule has 19 heavy (non-hydrogen) atoms. The zero-order valence-electron chi connectivity index (χ0n) is 11.0. The molecule has 1 unspecified atom stereocenters. The Kier molecular flexibility index (Phi) is 4.26. The van der Waals surface area contributed by atoms with Gasteiger partial charge in [0.05, 0.1) is 6.61 Å². The third-order valence-electron chi connectivity index (χ3n) is 4.09. The minimum absolute atomic E-state index is 0.517. The Morgan fingerprint density at radius 2 is 2.37 bits per heavy atom. The Morgan fingerprint density at radius 1 is 1.42 bits per heavy atom. The van der Waals surface area contributed by atoms with Crippen LogP contribution >= 0.6 is 11.6 Å². The van der Waals surface area contributed by atoms with Gasteiger partial charge >= 0.3 is 0 Å². The summed E-state index contributed by atoms with van der Waals surface area (Å²) in [5, 5.41) is 3.56. The molecule has 3 nitrogen and oxygen atoms in total. The summed E-state index contributed by atoms with van der Waals surface area (Å²) >= 11 is 6.16. The molecule has 2 aliphatic heterocycles. The molecule has 0 aromatic heterocycles. The van der Waals surface area contributed by atoms with E-state index in [9.17, 15) is 0 Å². The minimum Gasteiger partial charge on any atom is -0.337 e. The summed E-state index contributed by atoms with van der Waals surface area (Å²) in [6.07, 6.45) is 4.48. The maximum absolute atomic E-state index is 6.16. The second-order valence-electron chi connectivity index (χ2n) is 5.42. The van der Waals surface area contributed by atoms with Gasteiger partial charge in [-0.1, -0.05) is 12.1 Å². The Labute approximate surface area is 119 Å². The molecule has 4 heteroatoms.